The fourth-order valence-electron chi connectivity index (χ4n) is 3.45. The van der Waals surface area contributed by atoms with Crippen LogP contribution in [0.25, 0.3) is 0 Å². The molecule has 2 aromatic rings. The van der Waals surface area contributed by atoms with Crippen LogP contribution in [-0.4, -0.2) is 48.4 Å². The van der Waals surface area contributed by atoms with E-state index in [9.17, 15) is 13.2 Å². The minimum Gasteiger partial charge on any atom is -0.496 e. The van der Waals surface area contributed by atoms with Crippen LogP contribution in [0.15, 0.2) is 29.4 Å². The second-order valence-corrected chi connectivity index (χ2v) is 9.32. The van der Waals surface area contributed by atoms with E-state index in [1.807, 2.05) is 25.1 Å². The summed E-state index contributed by atoms with van der Waals surface area (Å²) >= 11 is 0. The lowest BCUT2D eigenvalue weighted by Crippen LogP contribution is -2.43. The van der Waals surface area contributed by atoms with Crippen molar-refractivity contribution in [2.45, 2.75) is 38.3 Å². The Labute approximate surface area is 171 Å². The minimum atomic E-state index is -3.62. The third kappa shape index (κ3) is 4.62. The molecule has 1 saturated heterocycles. The number of aromatic nitrogens is 2. The van der Waals surface area contributed by atoms with Gasteiger partial charge in [-0.3, -0.25) is 4.79 Å². The van der Waals surface area contributed by atoms with Crippen molar-refractivity contribution in [1.82, 2.24) is 19.2 Å². The van der Waals surface area contributed by atoms with Crippen LogP contribution >= 0.6 is 0 Å². The summed E-state index contributed by atoms with van der Waals surface area (Å²) in [5, 5.41) is 3.02. The number of carbonyl (C=O) groups is 1. The van der Waals surface area contributed by atoms with Gasteiger partial charge in [-0.2, -0.15) is 4.31 Å². The molecule has 9 heteroatoms. The molecule has 8 nitrogen and oxygen atoms in total. The van der Waals surface area contributed by atoms with Crippen molar-refractivity contribution < 1.29 is 17.9 Å². The van der Waals surface area contributed by atoms with E-state index in [1.165, 1.54) is 10.5 Å². The normalized spacial score (nSPS) is 16.0. The summed E-state index contributed by atoms with van der Waals surface area (Å²) < 4.78 is 34.0. The van der Waals surface area contributed by atoms with Crippen LogP contribution in [-0.2, 0) is 28.4 Å². The number of aryl methyl sites for hydroxylation is 3. The number of methoxy groups -OCH3 is 1. The van der Waals surface area contributed by atoms with E-state index in [2.05, 4.69) is 10.3 Å². The second-order valence-electron chi connectivity index (χ2n) is 7.44. The zero-order valence-electron chi connectivity index (χ0n) is 17.3. The van der Waals surface area contributed by atoms with E-state index in [4.69, 9.17) is 4.74 Å². The molecule has 1 aromatic heterocycles. The van der Waals surface area contributed by atoms with Crippen molar-refractivity contribution in [1.29, 1.82) is 0 Å². The summed E-state index contributed by atoms with van der Waals surface area (Å²) in [5.41, 5.74) is 2.01. The summed E-state index contributed by atoms with van der Waals surface area (Å²) in [4.78, 5) is 16.7. The number of nitrogens with one attached hydrogen (secondary N) is 1. The second kappa shape index (κ2) is 8.54. The number of amides is 1. The Kier molecular flexibility index (Phi) is 6.28. The molecule has 2 heterocycles. The van der Waals surface area contributed by atoms with Crippen molar-refractivity contribution in [3.8, 4) is 5.75 Å². The Hall–Kier alpha value is -2.39. The number of carbonyl (C=O) groups excluding carboxylic acids is 1. The number of hydrogen-bond acceptors (Lipinski definition) is 5. The molecule has 0 spiro atoms. The molecule has 1 fully saturated rings. The number of hydrogen-bond donors (Lipinski definition) is 1. The molecule has 1 amide bonds. The van der Waals surface area contributed by atoms with Gasteiger partial charge in [-0.05, 0) is 43.9 Å². The van der Waals surface area contributed by atoms with Crippen molar-refractivity contribution in [3.05, 3.63) is 41.3 Å². The van der Waals surface area contributed by atoms with Gasteiger partial charge in [0.15, 0.2) is 5.03 Å². The first-order valence-corrected chi connectivity index (χ1v) is 11.1. The topological polar surface area (TPSA) is 93.5 Å². The molecule has 0 atom stereocenters. The van der Waals surface area contributed by atoms with Crippen molar-refractivity contribution in [2.75, 3.05) is 20.2 Å². The van der Waals surface area contributed by atoms with Gasteiger partial charge in [-0.25, -0.2) is 13.4 Å². The average molecular weight is 421 g/mol. The van der Waals surface area contributed by atoms with E-state index < -0.39 is 10.0 Å². The molecule has 1 aliphatic rings. The number of piperidine rings is 1. The highest BCUT2D eigenvalue weighted by molar-refractivity contribution is 7.89. The molecule has 0 radical (unpaired) electrons. The van der Waals surface area contributed by atoms with Gasteiger partial charge < -0.3 is 14.6 Å². The Morgan fingerprint density at radius 2 is 1.97 bits per heavy atom. The molecule has 0 saturated carbocycles. The molecule has 1 aliphatic heterocycles. The largest absolute Gasteiger partial charge is 0.496 e. The Morgan fingerprint density at radius 1 is 1.28 bits per heavy atom. The lowest BCUT2D eigenvalue weighted by molar-refractivity contribution is -0.126. The summed E-state index contributed by atoms with van der Waals surface area (Å²) in [5.74, 6) is 1.19. The first kappa shape index (κ1) is 21.3. The van der Waals surface area contributed by atoms with E-state index in [0.29, 0.717) is 38.3 Å². The van der Waals surface area contributed by atoms with Gasteiger partial charge in [0.2, 0.25) is 5.91 Å². The number of imidazole rings is 1. The molecule has 0 unspecified atom stereocenters. The standard InChI is InChI=1S/C20H28N4O4S/c1-14-5-6-16(11-18(14)28-4)12-21-20(25)17-7-9-24(10-8-17)29(26,27)19-13-23(3)15(2)22-19/h5-6,11,13,17H,7-10,12H2,1-4H3,(H,21,25). The Bertz CT molecular complexity index is 972. The zero-order valence-corrected chi connectivity index (χ0v) is 18.1. The first-order chi connectivity index (χ1) is 13.7. The maximum atomic E-state index is 12.8. The molecule has 158 valence electrons. The van der Waals surface area contributed by atoms with Crippen molar-refractivity contribution >= 4 is 15.9 Å². The van der Waals surface area contributed by atoms with Crippen molar-refractivity contribution in [2.24, 2.45) is 13.0 Å². The van der Waals surface area contributed by atoms with Gasteiger partial charge in [0.05, 0.1) is 7.11 Å². The van der Waals surface area contributed by atoms with Crippen LogP contribution in [0, 0.1) is 19.8 Å². The fourth-order valence-corrected chi connectivity index (χ4v) is 4.94. The zero-order chi connectivity index (χ0) is 21.2. The number of benzene rings is 1. The molecule has 3 rings (SSSR count). The molecule has 1 N–H and O–H groups in total. The monoisotopic (exact) mass is 420 g/mol. The predicted molar refractivity (Wildman–Crippen MR) is 109 cm³/mol. The molecular weight excluding hydrogens is 392 g/mol. The molecule has 1 aromatic carbocycles. The number of sulfonamides is 1. The van der Waals surface area contributed by atoms with Gasteiger partial charge in [0.25, 0.3) is 10.0 Å². The molecule has 0 bridgehead atoms. The van der Waals surface area contributed by atoms with E-state index in [0.717, 1.165) is 16.9 Å². The predicted octanol–water partition coefficient (Wildman–Crippen LogP) is 1.76. The summed E-state index contributed by atoms with van der Waals surface area (Å²) in [6.07, 6.45) is 2.52. The number of nitrogens with zero attached hydrogens (tertiary/aromatic N) is 3. The van der Waals surface area contributed by atoms with Crippen LogP contribution in [0.4, 0.5) is 0 Å². The average Bonchev–Trinajstić information content (AvgIpc) is 3.06. The van der Waals surface area contributed by atoms with Crippen LogP contribution in [0.3, 0.4) is 0 Å². The Morgan fingerprint density at radius 3 is 2.55 bits per heavy atom. The van der Waals surface area contributed by atoms with Gasteiger partial charge in [0.1, 0.15) is 11.6 Å². The third-order valence-electron chi connectivity index (χ3n) is 5.45. The minimum absolute atomic E-state index is 0.0460. The van der Waals surface area contributed by atoms with Gasteiger partial charge >= 0.3 is 0 Å². The lowest BCUT2D eigenvalue weighted by atomic mass is 9.97. The Balaban J connectivity index is 1.55. The van der Waals surface area contributed by atoms with Crippen LogP contribution in [0.5, 0.6) is 5.75 Å². The molecule has 29 heavy (non-hydrogen) atoms. The maximum absolute atomic E-state index is 12.8. The van der Waals surface area contributed by atoms with E-state index >= 15 is 0 Å². The van der Waals surface area contributed by atoms with Gasteiger partial charge in [0, 0.05) is 38.8 Å². The quantitative estimate of drug-likeness (QED) is 0.769. The molecular formula is C20H28N4O4S. The highest BCUT2D eigenvalue weighted by Crippen LogP contribution is 2.24. The summed E-state index contributed by atoms with van der Waals surface area (Å²) in [7, 11) is -0.235. The first-order valence-electron chi connectivity index (χ1n) is 9.63. The van der Waals surface area contributed by atoms with Gasteiger partial charge in [-0.15, -0.1) is 0 Å². The lowest BCUT2D eigenvalue weighted by Gasteiger charge is -2.30. The maximum Gasteiger partial charge on any atom is 0.262 e. The number of rotatable bonds is 6. The summed E-state index contributed by atoms with van der Waals surface area (Å²) in [6, 6.07) is 5.84. The highest BCUT2D eigenvalue weighted by atomic mass is 32.2. The van der Waals surface area contributed by atoms with Gasteiger partial charge in [-0.1, -0.05) is 12.1 Å². The van der Waals surface area contributed by atoms with E-state index in [1.54, 1.807) is 25.6 Å². The SMILES string of the molecule is COc1cc(CNC(=O)C2CCN(S(=O)(=O)c3cn(C)c(C)n3)CC2)ccc1C. The van der Waals surface area contributed by atoms with E-state index in [-0.39, 0.29) is 16.9 Å². The van der Waals surface area contributed by atoms with Crippen LogP contribution < -0.4 is 10.1 Å². The fraction of sp³-hybridized carbons (Fsp3) is 0.500. The van der Waals surface area contributed by atoms with Crippen LogP contribution in [0.2, 0.25) is 0 Å². The third-order valence-corrected chi connectivity index (χ3v) is 7.22. The highest BCUT2D eigenvalue weighted by Gasteiger charge is 2.33. The number of ether oxygens (including phenoxy) is 1. The van der Waals surface area contributed by atoms with Crippen molar-refractivity contribution in [3.63, 3.8) is 0 Å². The molecule has 0 aliphatic carbocycles. The van der Waals surface area contributed by atoms with Crippen LogP contribution in [0.1, 0.15) is 29.8 Å². The smallest absolute Gasteiger partial charge is 0.262 e. The summed E-state index contributed by atoms with van der Waals surface area (Å²) in [6.45, 7) is 4.78.